The Labute approximate surface area is 168 Å². The molecular weight excluding hydrogens is 386 g/mol. The molecule has 0 atom stereocenters. The van der Waals surface area contributed by atoms with E-state index < -0.39 is 11.1 Å². The largest absolute Gasteiger partial charge is 0.425 e. The van der Waals surface area contributed by atoms with Crippen molar-refractivity contribution in [1.29, 1.82) is 0 Å². The molecule has 5 nitrogen and oxygen atoms in total. The number of hydrogen-bond donors (Lipinski definition) is 1. The van der Waals surface area contributed by atoms with E-state index in [2.05, 4.69) is 5.32 Å². The quantitative estimate of drug-likeness (QED) is 0.400. The summed E-state index contributed by atoms with van der Waals surface area (Å²) in [7, 11) is 0. The van der Waals surface area contributed by atoms with E-state index >= 15 is 0 Å². The molecule has 1 saturated carbocycles. The van der Waals surface area contributed by atoms with Crippen molar-refractivity contribution in [2.24, 2.45) is 5.92 Å². The van der Waals surface area contributed by atoms with Crippen molar-refractivity contribution in [1.82, 2.24) is 5.32 Å². The Morgan fingerprint density at radius 2 is 1.96 bits per heavy atom. The highest BCUT2D eigenvalue weighted by molar-refractivity contribution is 8.18. The van der Waals surface area contributed by atoms with Crippen LogP contribution in [0.1, 0.15) is 57.9 Å². The van der Waals surface area contributed by atoms with E-state index in [4.69, 9.17) is 16.3 Å². The fourth-order valence-corrected chi connectivity index (χ4v) is 3.96. The summed E-state index contributed by atoms with van der Waals surface area (Å²) < 4.78 is 5.38. The van der Waals surface area contributed by atoms with Gasteiger partial charge >= 0.3 is 5.97 Å². The van der Waals surface area contributed by atoms with Gasteiger partial charge in [0.05, 0.1) is 9.93 Å². The van der Waals surface area contributed by atoms with Gasteiger partial charge in [0.15, 0.2) is 0 Å². The zero-order valence-electron chi connectivity index (χ0n) is 15.5. The predicted octanol–water partition coefficient (Wildman–Crippen LogP) is 5.57. The first kappa shape index (κ1) is 21.5. The van der Waals surface area contributed by atoms with E-state index in [1.54, 1.807) is 24.3 Å². The summed E-state index contributed by atoms with van der Waals surface area (Å²) in [6.07, 6.45) is 7.75. The minimum absolute atomic E-state index is 0.267. The van der Waals surface area contributed by atoms with Crippen LogP contribution in [-0.2, 0) is 9.59 Å². The van der Waals surface area contributed by atoms with Gasteiger partial charge in [-0.15, -0.1) is 0 Å². The number of amides is 2. The van der Waals surface area contributed by atoms with Crippen molar-refractivity contribution in [3.05, 3.63) is 33.7 Å². The highest BCUT2D eigenvalue weighted by atomic mass is 35.5. The summed E-state index contributed by atoms with van der Waals surface area (Å²) in [5.74, 6) is 0.0223. The van der Waals surface area contributed by atoms with Gasteiger partial charge in [-0.05, 0) is 54.3 Å². The molecule has 2 amide bonds. The van der Waals surface area contributed by atoms with Crippen molar-refractivity contribution < 1.29 is 19.1 Å². The number of halogens is 1. The number of carbonyl (C=O) groups is 3. The maximum absolute atomic E-state index is 12.1. The van der Waals surface area contributed by atoms with E-state index in [0.717, 1.165) is 24.6 Å². The second kappa shape index (κ2) is 10.5. The van der Waals surface area contributed by atoms with Crippen LogP contribution >= 0.6 is 23.4 Å². The van der Waals surface area contributed by atoms with Crippen molar-refractivity contribution in [2.45, 2.75) is 52.4 Å². The number of imide groups is 1. The molecule has 1 aliphatic carbocycles. The molecule has 1 aliphatic heterocycles. The van der Waals surface area contributed by atoms with Crippen molar-refractivity contribution >= 4 is 46.6 Å². The van der Waals surface area contributed by atoms with Crippen LogP contribution in [0.15, 0.2) is 23.1 Å². The summed E-state index contributed by atoms with van der Waals surface area (Å²) in [4.78, 5) is 35.1. The second-order valence-electron chi connectivity index (χ2n) is 6.22. The van der Waals surface area contributed by atoms with Gasteiger partial charge in [0, 0.05) is 6.42 Å². The van der Waals surface area contributed by atoms with Crippen LogP contribution in [0.2, 0.25) is 5.02 Å². The molecule has 2 aliphatic rings. The van der Waals surface area contributed by atoms with E-state index in [9.17, 15) is 14.4 Å². The average molecular weight is 410 g/mol. The fraction of sp³-hybridized carbons (Fsp3) is 0.450. The summed E-state index contributed by atoms with van der Waals surface area (Å²) >= 11 is 7.03. The molecule has 1 N–H and O–H groups in total. The van der Waals surface area contributed by atoms with Crippen LogP contribution in [0.25, 0.3) is 6.08 Å². The van der Waals surface area contributed by atoms with Gasteiger partial charge < -0.3 is 4.74 Å². The van der Waals surface area contributed by atoms with Crippen LogP contribution in [0.5, 0.6) is 5.75 Å². The third-order valence-electron chi connectivity index (χ3n) is 4.30. The summed E-state index contributed by atoms with van der Waals surface area (Å²) in [6.45, 7) is 4.00. The molecule has 0 bridgehead atoms. The minimum Gasteiger partial charge on any atom is -0.425 e. The SMILES string of the molecule is CC.O=C(CC1CCCCC1)Oc1ccc(/C=C2\SC(=O)NC2=O)cc1Cl. The third-order valence-corrected chi connectivity index (χ3v) is 5.41. The monoisotopic (exact) mass is 409 g/mol. The first-order valence-electron chi connectivity index (χ1n) is 9.26. The fourth-order valence-electron chi connectivity index (χ4n) is 3.05. The second-order valence-corrected chi connectivity index (χ2v) is 7.65. The van der Waals surface area contributed by atoms with Gasteiger partial charge in [-0.1, -0.05) is 50.8 Å². The van der Waals surface area contributed by atoms with Gasteiger partial charge in [-0.3, -0.25) is 19.7 Å². The van der Waals surface area contributed by atoms with Crippen LogP contribution in [-0.4, -0.2) is 17.1 Å². The topological polar surface area (TPSA) is 72.5 Å². The van der Waals surface area contributed by atoms with E-state index in [-0.39, 0.29) is 5.97 Å². The Hall–Kier alpha value is -1.79. The van der Waals surface area contributed by atoms with Gasteiger partial charge in [0.1, 0.15) is 5.75 Å². The molecule has 1 aromatic rings. The number of rotatable bonds is 4. The maximum Gasteiger partial charge on any atom is 0.311 e. The smallest absolute Gasteiger partial charge is 0.311 e. The van der Waals surface area contributed by atoms with E-state index in [0.29, 0.717) is 33.6 Å². The lowest BCUT2D eigenvalue weighted by Gasteiger charge is -2.20. The number of esters is 1. The molecule has 0 radical (unpaired) electrons. The molecule has 1 aromatic carbocycles. The van der Waals surface area contributed by atoms with Gasteiger partial charge in [-0.2, -0.15) is 0 Å². The highest BCUT2D eigenvalue weighted by Crippen LogP contribution is 2.31. The van der Waals surface area contributed by atoms with Crippen molar-refractivity contribution in [3.8, 4) is 5.75 Å². The summed E-state index contributed by atoms with van der Waals surface area (Å²) in [6, 6.07) is 4.90. The third kappa shape index (κ3) is 6.40. The van der Waals surface area contributed by atoms with Crippen LogP contribution in [0.4, 0.5) is 4.79 Å². The molecule has 2 fully saturated rings. The number of hydrogen-bond acceptors (Lipinski definition) is 5. The number of thioether (sulfide) groups is 1. The van der Waals surface area contributed by atoms with Crippen LogP contribution < -0.4 is 10.1 Å². The van der Waals surface area contributed by atoms with Crippen LogP contribution in [0, 0.1) is 5.92 Å². The first-order chi connectivity index (χ1) is 13.0. The zero-order chi connectivity index (χ0) is 19.8. The first-order valence-corrected chi connectivity index (χ1v) is 10.5. The molecule has 3 rings (SSSR count). The number of benzene rings is 1. The highest BCUT2D eigenvalue weighted by Gasteiger charge is 2.25. The molecular formula is C20H24ClNO4S. The van der Waals surface area contributed by atoms with Gasteiger partial charge in [-0.25, -0.2) is 0 Å². The summed E-state index contributed by atoms with van der Waals surface area (Å²) in [5, 5.41) is 2.09. The number of nitrogens with one attached hydrogen (secondary N) is 1. The lowest BCUT2D eigenvalue weighted by Crippen LogP contribution is -2.17. The van der Waals surface area contributed by atoms with E-state index in [1.165, 1.54) is 19.3 Å². The number of carbonyl (C=O) groups excluding carboxylic acids is 3. The Bertz CT molecular complexity index is 741. The molecule has 7 heteroatoms. The van der Waals surface area contributed by atoms with Crippen molar-refractivity contribution in [3.63, 3.8) is 0 Å². The normalized spacial score (nSPS) is 18.7. The predicted molar refractivity (Wildman–Crippen MR) is 109 cm³/mol. The molecule has 146 valence electrons. The molecule has 27 heavy (non-hydrogen) atoms. The standard InChI is InChI=1S/C18H18ClNO4S.C2H6/c19-13-8-12(9-15-17(22)20-18(23)25-15)6-7-14(13)24-16(21)10-11-4-2-1-3-5-11;1-2/h6-9,11H,1-5,10H2,(H,20,22,23);1-2H3/b15-9-;. The molecule has 0 aromatic heterocycles. The Morgan fingerprint density at radius 3 is 2.56 bits per heavy atom. The average Bonchev–Trinajstić information content (AvgIpc) is 2.97. The van der Waals surface area contributed by atoms with Crippen LogP contribution in [0.3, 0.4) is 0 Å². The maximum atomic E-state index is 12.1. The lowest BCUT2D eigenvalue weighted by atomic mass is 9.87. The zero-order valence-corrected chi connectivity index (χ0v) is 17.1. The lowest BCUT2D eigenvalue weighted by molar-refractivity contribution is -0.135. The molecule has 1 saturated heterocycles. The van der Waals surface area contributed by atoms with E-state index in [1.807, 2.05) is 13.8 Å². The molecule has 1 heterocycles. The molecule has 0 spiro atoms. The number of ether oxygens (including phenoxy) is 1. The molecule has 0 unspecified atom stereocenters. The minimum atomic E-state index is -0.422. The Morgan fingerprint density at radius 1 is 1.26 bits per heavy atom. The van der Waals surface area contributed by atoms with Gasteiger partial charge in [0.2, 0.25) is 0 Å². The Balaban J connectivity index is 0.00000126. The summed E-state index contributed by atoms with van der Waals surface area (Å²) in [5.41, 5.74) is 0.657. The van der Waals surface area contributed by atoms with Gasteiger partial charge in [0.25, 0.3) is 11.1 Å². The van der Waals surface area contributed by atoms with Crippen molar-refractivity contribution in [2.75, 3.05) is 0 Å². The Kier molecular flexibility index (Phi) is 8.38.